The van der Waals surface area contributed by atoms with Gasteiger partial charge in [-0.15, -0.1) is 0 Å². The minimum Gasteiger partial charge on any atom is -0.402 e. The van der Waals surface area contributed by atoms with Gasteiger partial charge in [0.25, 0.3) is 5.91 Å². The van der Waals surface area contributed by atoms with Crippen molar-refractivity contribution in [2.24, 2.45) is 5.73 Å². The zero-order valence-corrected chi connectivity index (χ0v) is 14.6. The van der Waals surface area contributed by atoms with Gasteiger partial charge < -0.3 is 21.7 Å². The van der Waals surface area contributed by atoms with Gasteiger partial charge >= 0.3 is 0 Å². The molecule has 6 nitrogen and oxygen atoms in total. The second kappa shape index (κ2) is 8.43. The molecule has 0 saturated carbocycles. The van der Waals surface area contributed by atoms with Gasteiger partial charge in [0, 0.05) is 35.6 Å². The van der Waals surface area contributed by atoms with E-state index in [1.807, 2.05) is 13.8 Å². The molecule has 0 radical (unpaired) electrons. The van der Waals surface area contributed by atoms with Crippen LogP contribution >= 0.6 is 11.6 Å². The summed E-state index contributed by atoms with van der Waals surface area (Å²) in [6.07, 6.45) is 0. The topological polar surface area (TPSA) is 96.2 Å². The second-order valence-corrected chi connectivity index (χ2v) is 5.52. The van der Waals surface area contributed by atoms with Crippen molar-refractivity contribution in [2.45, 2.75) is 20.8 Å². The SMILES string of the molecule is CCNc1cc(Cl)cc(C(=O)NC/C(C(=O)NC)=C(\C)N)c1C. The van der Waals surface area contributed by atoms with E-state index in [0.29, 0.717) is 21.9 Å². The molecule has 7 heteroatoms. The second-order valence-electron chi connectivity index (χ2n) is 5.08. The molecule has 0 fully saturated rings. The quantitative estimate of drug-likeness (QED) is 0.594. The Kier molecular flexibility index (Phi) is 6.90. The fraction of sp³-hybridized carbons (Fsp3) is 0.375. The maximum atomic E-state index is 12.4. The Morgan fingerprint density at radius 2 is 1.96 bits per heavy atom. The first kappa shape index (κ1) is 18.8. The summed E-state index contributed by atoms with van der Waals surface area (Å²) < 4.78 is 0. The van der Waals surface area contributed by atoms with E-state index in [9.17, 15) is 9.59 Å². The van der Waals surface area contributed by atoms with Gasteiger partial charge in [-0.1, -0.05) is 11.6 Å². The van der Waals surface area contributed by atoms with Gasteiger partial charge in [-0.05, 0) is 38.5 Å². The van der Waals surface area contributed by atoms with E-state index in [0.717, 1.165) is 17.8 Å². The molecule has 126 valence electrons. The minimum atomic E-state index is -0.318. The normalized spacial score (nSPS) is 11.5. The molecule has 1 aromatic carbocycles. The van der Waals surface area contributed by atoms with Crippen molar-refractivity contribution in [2.75, 3.05) is 25.5 Å². The number of amides is 2. The minimum absolute atomic E-state index is 0.0450. The summed E-state index contributed by atoms with van der Waals surface area (Å²) in [4.78, 5) is 24.2. The Balaban J connectivity index is 2.99. The molecule has 2 amide bonds. The standard InChI is InChI=1S/C16H23ClN4O2/c1-5-20-14-7-11(17)6-12(9(14)2)16(23)21-8-13(10(3)18)15(22)19-4/h6-7,20H,5,8,18H2,1-4H3,(H,19,22)(H,21,23)/b13-10-. The van der Waals surface area contributed by atoms with Gasteiger partial charge in [-0.25, -0.2) is 0 Å². The van der Waals surface area contributed by atoms with Crippen molar-refractivity contribution in [1.82, 2.24) is 10.6 Å². The number of nitrogens with one attached hydrogen (secondary N) is 3. The largest absolute Gasteiger partial charge is 0.402 e. The third kappa shape index (κ3) is 4.89. The number of carbonyl (C=O) groups excluding carboxylic acids is 2. The van der Waals surface area contributed by atoms with Gasteiger partial charge in [-0.3, -0.25) is 9.59 Å². The number of benzene rings is 1. The van der Waals surface area contributed by atoms with Crippen molar-refractivity contribution < 1.29 is 9.59 Å². The van der Waals surface area contributed by atoms with Crippen molar-refractivity contribution in [3.05, 3.63) is 39.6 Å². The van der Waals surface area contributed by atoms with Crippen molar-refractivity contribution >= 4 is 29.1 Å². The summed E-state index contributed by atoms with van der Waals surface area (Å²) in [7, 11) is 1.51. The smallest absolute Gasteiger partial charge is 0.251 e. The number of nitrogens with two attached hydrogens (primary N) is 1. The highest BCUT2D eigenvalue weighted by molar-refractivity contribution is 6.31. The zero-order valence-electron chi connectivity index (χ0n) is 13.8. The van der Waals surface area contributed by atoms with Crippen LogP contribution in [-0.2, 0) is 4.79 Å². The predicted octanol–water partition coefficient (Wildman–Crippen LogP) is 1.79. The highest BCUT2D eigenvalue weighted by Gasteiger charge is 2.16. The average Bonchev–Trinajstić information content (AvgIpc) is 2.50. The number of hydrogen-bond donors (Lipinski definition) is 4. The summed E-state index contributed by atoms with van der Waals surface area (Å²) in [5, 5.41) is 8.84. The maximum Gasteiger partial charge on any atom is 0.251 e. The Hall–Kier alpha value is -2.21. The third-order valence-electron chi connectivity index (χ3n) is 3.39. The molecule has 0 aromatic heterocycles. The van der Waals surface area contributed by atoms with Gasteiger partial charge in [0.05, 0.1) is 12.1 Å². The maximum absolute atomic E-state index is 12.4. The lowest BCUT2D eigenvalue weighted by atomic mass is 10.1. The summed E-state index contributed by atoms with van der Waals surface area (Å²) in [6.45, 7) is 6.18. The van der Waals surface area contributed by atoms with Crippen molar-refractivity contribution in [3.8, 4) is 0 Å². The zero-order chi connectivity index (χ0) is 17.6. The summed E-state index contributed by atoms with van der Waals surface area (Å²) in [5.74, 6) is -0.631. The molecular formula is C16H23ClN4O2. The van der Waals surface area contributed by atoms with Crippen LogP contribution in [0.5, 0.6) is 0 Å². The van der Waals surface area contributed by atoms with Crippen LogP contribution < -0.4 is 21.7 Å². The van der Waals surface area contributed by atoms with Crippen LogP contribution in [0.25, 0.3) is 0 Å². The van der Waals surface area contributed by atoms with Gasteiger partial charge in [0.2, 0.25) is 5.91 Å². The van der Waals surface area contributed by atoms with E-state index in [-0.39, 0.29) is 18.4 Å². The average molecular weight is 339 g/mol. The number of allylic oxidation sites excluding steroid dienone is 1. The molecule has 0 heterocycles. The van der Waals surface area contributed by atoms with Gasteiger partial charge in [0.1, 0.15) is 0 Å². The van der Waals surface area contributed by atoms with Crippen LogP contribution in [0.2, 0.25) is 5.02 Å². The Labute approximate surface area is 141 Å². The molecule has 0 unspecified atom stereocenters. The fourth-order valence-electron chi connectivity index (χ4n) is 2.10. The number of anilines is 1. The number of hydrogen-bond acceptors (Lipinski definition) is 4. The monoisotopic (exact) mass is 338 g/mol. The van der Waals surface area contributed by atoms with E-state index in [4.69, 9.17) is 17.3 Å². The van der Waals surface area contributed by atoms with Gasteiger partial charge in [0.15, 0.2) is 0 Å². The lowest BCUT2D eigenvalue weighted by Gasteiger charge is -2.14. The number of halogens is 1. The molecule has 1 aromatic rings. The molecule has 1 rings (SSSR count). The summed E-state index contributed by atoms with van der Waals surface area (Å²) in [6, 6.07) is 3.38. The third-order valence-corrected chi connectivity index (χ3v) is 3.61. The van der Waals surface area contributed by atoms with Gasteiger partial charge in [-0.2, -0.15) is 0 Å². The molecule has 0 aliphatic heterocycles. The van der Waals surface area contributed by atoms with E-state index >= 15 is 0 Å². The summed E-state index contributed by atoms with van der Waals surface area (Å²) in [5.41, 5.74) is 8.44. The fourth-order valence-corrected chi connectivity index (χ4v) is 2.32. The molecule has 0 aliphatic carbocycles. The van der Waals surface area contributed by atoms with Crippen LogP contribution in [0.3, 0.4) is 0 Å². The summed E-state index contributed by atoms with van der Waals surface area (Å²) >= 11 is 6.07. The van der Waals surface area contributed by atoms with Crippen molar-refractivity contribution in [1.29, 1.82) is 0 Å². The van der Waals surface area contributed by atoms with Crippen LogP contribution in [-0.4, -0.2) is 32.0 Å². The Bertz CT molecular complexity index is 637. The van der Waals surface area contributed by atoms with E-state index < -0.39 is 0 Å². The Morgan fingerprint density at radius 3 is 2.48 bits per heavy atom. The Morgan fingerprint density at radius 1 is 1.30 bits per heavy atom. The molecule has 0 atom stereocenters. The van der Waals surface area contributed by atoms with Crippen LogP contribution in [0, 0.1) is 6.92 Å². The highest BCUT2D eigenvalue weighted by Crippen LogP contribution is 2.24. The van der Waals surface area contributed by atoms with Crippen LogP contribution in [0.15, 0.2) is 23.4 Å². The first-order valence-corrected chi connectivity index (χ1v) is 7.69. The highest BCUT2D eigenvalue weighted by atomic mass is 35.5. The lowest BCUT2D eigenvalue weighted by Crippen LogP contribution is -2.33. The molecule has 23 heavy (non-hydrogen) atoms. The van der Waals surface area contributed by atoms with Crippen LogP contribution in [0.1, 0.15) is 29.8 Å². The first-order chi connectivity index (χ1) is 10.8. The van der Waals surface area contributed by atoms with E-state index in [1.165, 1.54) is 7.05 Å². The first-order valence-electron chi connectivity index (χ1n) is 7.31. The molecule has 0 saturated heterocycles. The molecule has 0 spiro atoms. The molecular weight excluding hydrogens is 316 g/mol. The number of rotatable bonds is 6. The van der Waals surface area contributed by atoms with Crippen molar-refractivity contribution in [3.63, 3.8) is 0 Å². The molecule has 0 bridgehead atoms. The number of carbonyl (C=O) groups is 2. The van der Waals surface area contributed by atoms with Crippen LogP contribution in [0.4, 0.5) is 5.69 Å². The van der Waals surface area contributed by atoms with E-state index in [1.54, 1.807) is 19.1 Å². The van der Waals surface area contributed by atoms with E-state index in [2.05, 4.69) is 16.0 Å². The lowest BCUT2D eigenvalue weighted by molar-refractivity contribution is -0.117. The predicted molar refractivity (Wildman–Crippen MR) is 93.6 cm³/mol. The number of likely N-dealkylation sites (N-methyl/N-ethyl adjacent to an activating group) is 1. The molecule has 5 N–H and O–H groups in total. The molecule has 0 aliphatic rings.